The Labute approximate surface area is 129 Å². The van der Waals surface area contributed by atoms with Gasteiger partial charge in [0.2, 0.25) is 5.88 Å². The van der Waals surface area contributed by atoms with Gasteiger partial charge in [-0.15, -0.1) is 11.3 Å². The number of aryl methyl sites for hydroxylation is 1. The van der Waals surface area contributed by atoms with Crippen molar-refractivity contribution in [1.82, 2.24) is 4.98 Å². The first-order valence-corrected chi connectivity index (χ1v) is 8.15. The fourth-order valence-electron chi connectivity index (χ4n) is 2.62. The number of anilines is 1. The number of rotatable bonds is 6. The molecular formula is C16H20N2O2S. The molecule has 0 aromatic carbocycles. The average molecular weight is 304 g/mol. The second-order valence-electron chi connectivity index (χ2n) is 5.11. The number of pyridine rings is 1. The Morgan fingerprint density at radius 3 is 3.10 bits per heavy atom. The molecule has 1 aliphatic carbocycles. The number of fused-ring (bicyclic) bond motifs is 1. The van der Waals surface area contributed by atoms with Crippen molar-refractivity contribution >= 4 is 17.0 Å². The topological polar surface area (TPSA) is 43.4 Å². The number of nitrogens with one attached hydrogen (secondary N) is 1. The maximum absolute atomic E-state index is 5.47. The van der Waals surface area contributed by atoms with Crippen LogP contribution in [0.15, 0.2) is 29.8 Å². The molecule has 0 amide bonds. The maximum Gasteiger partial charge on any atom is 0.213 e. The summed E-state index contributed by atoms with van der Waals surface area (Å²) in [5.41, 5.74) is 2.49. The van der Waals surface area contributed by atoms with Crippen molar-refractivity contribution in [2.24, 2.45) is 0 Å². The van der Waals surface area contributed by atoms with Crippen LogP contribution in [-0.2, 0) is 11.2 Å². The molecule has 0 saturated heterocycles. The zero-order valence-electron chi connectivity index (χ0n) is 12.2. The molecule has 2 aromatic rings. The smallest absolute Gasteiger partial charge is 0.213 e. The summed E-state index contributed by atoms with van der Waals surface area (Å²) in [6.45, 7) is 1.10. The van der Waals surface area contributed by atoms with Gasteiger partial charge in [0.05, 0.1) is 24.5 Å². The fraction of sp³-hybridized carbons (Fsp3) is 0.438. The van der Waals surface area contributed by atoms with Crippen molar-refractivity contribution in [3.63, 3.8) is 0 Å². The molecule has 0 bridgehead atoms. The highest BCUT2D eigenvalue weighted by Gasteiger charge is 2.20. The molecule has 0 spiro atoms. The van der Waals surface area contributed by atoms with Gasteiger partial charge in [-0.1, -0.05) is 0 Å². The van der Waals surface area contributed by atoms with Crippen LogP contribution in [0.1, 0.15) is 29.3 Å². The van der Waals surface area contributed by atoms with E-state index in [0.717, 1.165) is 5.69 Å². The average Bonchev–Trinajstić information content (AvgIpc) is 2.99. The Bertz CT molecular complexity index is 568. The van der Waals surface area contributed by atoms with Gasteiger partial charge in [-0.3, -0.25) is 0 Å². The number of methoxy groups -OCH3 is 1. The van der Waals surface area contributed by atoms with Crippen LogP contribution in [-0.4, -0.2) is 25.3 Å². The van der Waals surface area contributed by atoms with Gasteiger partial charge in [0.1, 0.15) is 6.61 Å². The molecule has 4 nitrogen and oxygen atoms in total. The largest absolute Gasteiger partial charge is 0.475 e. The third-order valence-corrected chi connectivity index (χ3v) is 4.66. The van der Waals surface area contributed by atoms with Gasteiger partial charge in [0.25, 0.3) is 0 Å². The van der Waals surface area contributed by atoms with E-state index < -0.39 is 0 Å². The van der Waals surface area contributed by atoms with Crippen molar-refractivity contribution in [2.75, 3.05) is 25.6 Å². The van der Waals surface area contributed by atoms with Gasteiger partial charge in [0.15, 0.2) is 0 Å². The molecule has 1 atom stereocenters. The van der Waals surface area contributed by atoms with Gasteiger partial charge in [0, 0.05) is 18.1 Å². The van der Waals surface area contributed by atoms with Crippen molar-refractivity contribution in [2.45, 2.75) is 25.3 Å². The molecule has 1 N–H and O–H groups in total. The van der Waals surface area contributed by atoms with Crippen LogP contribution in [0.25, 0.3) is 0 Å². The molecule has 1 aliphatic rings. The molecule has 5 heteroatoms. The van der Waals surface area contributed by atoms with E-state index in [0.29, 0.717) is 25.1 Å². The Morgan fingerprint density at radius 1 is 1.33 bits per heavy atom. The third-order valence-electron chi connectivity index (χ3n) is 3.67. The van der Waals surface area contributed by atoms with Crippen LogP contribution in [0.3, 0.4) is 0 Å². The standard InChI is InChI=1S/C16H20N2O2S/c1-19-8-9-20-16-6-5-12(11-17-16)18-14-3-2-4-15-13(14)7-10-21-15/h5-7,10-11,14,18H,2-4,8-9H2,1H3. The first kappa shape index (κ1) is 14.4. The predicted octanol–water partition coefficient (Wildman–Crippen LogP) is 3.66. The van der Waals surface area contributed by atoms with Gasteiger partial charge >= 0.3 is 0 Å². The lowest BCUT2D eigenvalue weighted by molar-refractivity contribution is 0.144. The summed E-state index contributed by atoms with van der Waals surface area (Å²) in [5, 5.41) is 5.77. The third kappa shape index (κ3) is 3.54. The minimum atomic E-state index is 0.405. The molecule has 0 saturated carbocycles. The number of aromatic nitrogens is 1. The molecule has 2 aromatic heterocycles. The van der Waals surface area contributed by atoms with Gasteiger partial charge in [-0.05, 0) is 42.3 Å². The first-order chi connectivity index (χ1) is 10.4. The number of hydrogen-bond acceptors (Lipinski definition) is 5. The van der Waals surface area contributed by atoms with Crippen LogP contribution >= 0.6 is 11.3 Å². The lowest BCUT2D eigenvalue weighted by Gasteiger charge is -2.24. The van der Waals surface area contributed by atoms with Crippen molar-refractivity contribution < 1.29 is 9.47 Å². The minimum absolute atomic E-state index is 0.405. The quantitative estimate of drug-likeness (QED) is 0.827. The summed E-state index contributed by atoms with van der Waals surface area (Å²) in [5.74, 6) is 0.637. The molecule has 3 rings (SSSR count). The number of nitrogens with zero attached hydrogens (tertiary/aromatic N) is 1. The zero-order chi connectivity index (χ0) is 14.5. The van der Waals surface area contributed by atoms with E-state index in [2.05, 4.69) is 21.7 Å². The summed E-state index contributed by atoms with van der Waals surface area (Å²) >= 11 is 1.87. The summed E-state index contributed by atoms with van der Waals surface area (Å²) < 4.78 is 10.4. The van der Waals surface area contributed by atoms with Crippen LogP contribution < -0.4 is 10.1 Å². The van der Waals surface area contributed by atoms with E-state index in [1.807, 2.05) is 29.7 Å². The Morgan fingerprint density at radius 2 is 2.29 bits per heavy atom. The summed E-state index contributed by atoms with van der Waals surface area (Å²) in [7, 11) is 1.66. The molecule has 0 radical (unpaired) electrons. The zero-order valence-corrected chi connectivity index (χ0v) is 13.0. The van der Waals surface area contributed by atoms with Gasteiger partial charge in [-0.25, -0.2) is 4.98 Å². The van der Waals surface area contributed by atoms with Crippen molar-refractivity contribution in [3.05, 3.63) is 40.2 Å². The maximum atomic E-state index is 5.47. The molecule has 0 aliphatic heterocycles. The monoisotopic (exact) mass is 304 g/mol. The number of thiophene rings is 1. The van der Waals surface area contributed by atoms with E-state index in [9.17, 15) is 0 Å². The number of ether oxygens (including phenoxy) is 2. The van der Waals surface area contributed by atoms with E-state index >= 15 is 0 Å². The normalized spacial score (nSPS) is 17.3. The summed E-state index contributed by atoms with van der Waals surface area (Å²) in [6, 6.07) is 6.57. The Balaban J connectivity index is 1.61. The summed E-state index contributed by atoms with van der Waals surface area (Å²) in [6.07, 6.45) is 5.48. The van der Waals surface area contributed by atoms with Crippen molar-refractivity contribution in [3.8, 4) is 5.88 Å². The highest BCUT2D eigenvalue weighted by molar-refractivity contribution is 7.10. The predicted molar refractivity (Wildman–Crippen MR) is 85.2 cm³/mol. The minimum Gasteiger partial charge on any atom is -0.475 e. The van der Waals surface area contributed by atoms with Crippen LogP contribution in [0.5, 0.6) is 5.88 Å². The molecular weight excluding hydrogens is 284 g/mol. The number of hydrogen-bond donors (Lipinski definition) is 1. The Hall–Kier alpha value is -1.59. The van der Waals surface area contributed by atoms with E-state index in [1.54, 1.807) is 7.11 Å². The molecule has 0 fully saturated rings. The van der Waals surface area contributed by atoms with Crippen molar-refractivity contribution in [1.29, 1.82) is 0 Å². The van der Waals surface area contributed by atoms with Crippen LogP contribution in [0.4, 0.5) is 5.69 Å². The molecule has 112 valence electrons. The second-order valence-corrected chi connectivity index (χ2v) is 6.12. The van der Waals surface area contributed by atoms with Crippen LogP contribution in [0, 0.1) is 0 Å². The first-order valence-electron chi connectivity index (χ1n) is 7.27. The van der Waals surface area contributed by atoms with Gasteiger partial charge in [-0.2, -0.15) is 0 Å². The Kier molecular flexibility index (Phi) is 4.72. The van der Waals surface area contributed by atoms with Gasteiger partial charge < -0.3 is 14.8 Å². The molecule has 21 heavy (non-hydrogen) atoms. The highest BCUT2D eigenvalue weighted by atomic mass is 32.1. The fourth-order valence-corrected chi connectivity index (χ4v) is 3.61. The highest BCUT2D eigenvalue weighted by Crippen LogP contribution is 2.35. The van der Waals surface area contributed by atoms with E-state index in [-0.39, 0.29) is 0 Å². The lowest BCUT2D eigenvalue weighted by Crippen LogP contribution is -2.15. The molecule has 2 heterocycles. The summed E-state index contributed by atoms with van der Waals surface area (Å²) in [4.78, 5) is 5.84. The molecule has 1 unspecified atom stereocenters. The van der Waals surface area contributed by atoms with E-state index in [4.69, 9.17) is 9.47 Å². The lowest BCUT2D eigenvalue weighted by atomic mass is 9.94. The SMILES string of the molecule is COCCOc1ccc(NC2CCCc3sccc32)cn1. The van der Waals surface area contributed by atoms with E-state index in [1.165, 1.54) is 29.7 Å². The second kappa shape index (κ2) is 6.91. The van der Waals surface area contributed by atoms with Crippen LogP contribution in [0.2, 0.25) is 0 Å².